The van der Waals surface area contributed by atoms with Gasteiger partial charge in [-0.25, -0.2) is 0 Å². The summed E-state index contributed by atoms with van der Waals surface area (Å²) in [6.45, 7) is 6.46. The molecule has 0 radical (unpaired) electrons. The first-order chi connectivity index (χ1) is 32.5. The predicted octanol–water partition coefficient (Wildman–Crippen LogP) is 18.4. The summed E-state index contributed by atoms with van der Waals surface area (Å²) in [4.78, 5) is 38.1. The van der Waals surface area contributed by atoms with Gasteiger partial charge >= 0.3 is 17.9 Å². The maximum atomic E-state index is 12.8. The van der Waals surface area contributed by atoms with E-state index in [-0.39, 0.29) is 37.5 Å². The van der Waals surface area contributed by atoms with Gasteiger partial charge in [0.2, 0.25) is 0 Å². The molecule has 0 aromatic heterocycles. The van der Waals surface area contributed by atoms with Crippen molar-refractivity contribution < 1.29 is 28.6 Å². The number of esters is 3. The van der Waals surface area contributed by atoms with Gasteiger partial charge in [-0.1, -0.05) is 209 Å². The number of hydrogen-bond donors (Lipinski definition) is 0. The average Bonchev–Trinajstić information content (AvgIpc) is 3.31. The number of allylic oxidation sites excluding steroid dienone is 14. The van der Waals surface area contributed by atoms with Crippen LogP contribution in [0.25, 0.3) is 0 Å². The smallest absolute Gasteiger partial charge is 0.306 e. The number of ether oxygens (including phenoxy) is 3. The fraction of sp³-hybridized carbons (Fsp3) is 0.717. The summed E-state index contributed by atoms with van der Waals surface area (Å²) in [5.74, 6) is -0.955. The molecule has 6 heteroatoms. The van der Waals surface area contributed by atoms with Crippen LogP contribution >= 0.6 is 0 Å². The zero-order chi connectivity index (χ0) is 47.9. The second-order valence-corrected chi connectivity index (χ2v) is 18.1. The van der Waals surface area contributed by atoms with Gasteiger partial charge in [0.15, 0.2) is 6.10 Å². The molecule has 0 fully saturated rings. The number of unbranched alkanes of at least 4 members (excludes halogenated alkanes) is 24. The molecule has 0 aliphatic carbocycles. The van der Waals surface area contributed by atoms with Crippen LogP contribution in [0.1, 0.15) is 258 Å². The van der Waals surface area contributed by atoms with E-state index < -0.39 is 6.10 Å². The Morgan fingerprint density at radius 3 is 0.985 bits per heavy atom. The summed E-state index contributed by atoms with van der Waals surface area (Å²) >= 11 is 0. The van der Waals surface area contributed by atoms with Crippen molar-refractivity contribution >= 4 is 17.9 Å². The minimum Gasteiger partial charge on any atom is -0.462 e. The van der Waals surface area contributed by atoms with Gasteiger partial charge in [0, 0.05) is 19.3 Å². The van der Waals surface area contributed by atoms with Gasteiger partial charge in [-0.3, -0.25) is 14.4 Å². The number of rotatable bonds is 49. The lowest BCUT2D eigenvalue weighted by molar-refractivity contribution is -0.167. The van der Waals surface area contributed by atoms with Crippen LogP contribution in [-0.2, 0) is 28.6 Å². The van der Waals surface area contributed by atoms with Gasteiger partial charge in [0.1, 0.15) is 13.2 Å². The highest BCUT2D eigenvalue weighted by Gasteiger charge is 2.19. The number of carbonyl (C=O) groups is 3. The molecule has 0 saturated heterocycles. The van der Waals surface area contributed by atoms with Gasteiger partial charge < -0.3 is 14.2 Å². The highest BCUT2D eigenvalue weighted by molar-refractivity contribution is 5.71. The molecule has 0 saturated carbocycles. The molecule has 0 bridgehead atoms. The summed E-state index contributed by atoms with van der Waals surface area (Å²) in [7, 11) is 0. The molecule has 0 rings (SSSR count). The van der Waals surface area contributed by atoms with Crippen LogP contribution in [0.15, 0.2) is 85.1 Å². The third-order valence-electron chi connectivity index (χ3n) is 11.6. The van der Waals surface area contributed by atoms with Crippen molar-refractivity contribution in [2.45, 2.75) is 264 Å². The van der Waals surface area contributed by atoms with Crippen molar-refractivity contribution in [3.63, 3.8) is 0 Å². The van der Waals surface area contributed by atoms with Crippen molar-refractivity contribution in [2.75, 3.05) is 13.2 Å². The van der Waals surface area contributed by atoms with E-state index in [2.05, 4.69) is 106 Å². The molecular weight excluding hydrogens is 817 g/mol. The molecule has 66 heavy (non-hydrogen) atoms. The molecule has 0 spiro atoms. The van der Waals surface area contributed by atoms with Crippen LogP contribution in [-0.4, -0.2) is 37.2 Å². The lowest BCUT2D eigenvalue weighted by Crippen LogP contribution is -2.30. The summed E-state index contributed by atoms with van der Waals surface area (Å²) in [6.07, 6.45) is 70.0. The summed E-state index contributed by atoms with van der Waals surface area (Å²) in [5, 5.41) is 0. The lowest BCUT2D eigenvalue weighted by Gasteiger charge is -2.18. The van der Waals surface area contributed by atoms with E-state index in [0.29, 0.717) is 19.3 Å². The van der Waals surface area contributed by atoms with E-state index in [4.69, 9.17) is 14.2 Å². The first-order valence-electron chi connectivity index (χ1n) is 27.6. The number of carbonyl (C=O) groups excluding carboxylic acids is 3. The molecular formula is C60H102O6. The van der Waals surface area contributed by atoms with Crippen molar-refractivity contribution in [3.8, 4) is 0 Å². The molecule has 1 unspecified atom stereocenters. The van der Waals surface area contributed by atoms with E-state index in [9.17, 15) is 14.4 Å². The summed E-state index contributed by atoms with van der Waals surface area (Å²) < 4.78 is 16.8. The molecule has 6 nitrogen and oxygen atoms in total. The second-order valence-electron chi connectivity index (χ2n) is 18.1. The fourth-order valence-electron chi connectivity index (χ4n) is 7.46. The molecule has 0 aliphatic heterocycles. The Bertz CT molecular complexity index is 1290. The minimum atomic E-state index is -0.805. The quantitative estimate of drug-likeness (QED) is 0.0262. The molecule has 0 amide bonds. The fourth-order valence-corrected chi connectivity index (χ4v) is 7.46. The molecule has 0 aromatic rings. The van der Waals surface area contributed by atoms with Crippen molar-refractivity contribution in [1.82, 2.24) is 0 Å². The Labute approximate surface area is 407 Å². The average molecular weight is 919 g/mol. The maximum Gasteiger partial charge on any atom is 0.306 e. The molecule has 0 heterocycles. The Morgan fingerprint density at radius 1 is 0.318 bits per heavy atom. The monoisotopic (exact) mass is 919 g/mol. The van der Waals surface area contributed by atoms with E-state index in [1.165, 1.54) is 116 Å². The van der Waals surface area contributed by atoms with Crippen molar-refractivity contribution in [3.05, 3.63) is 85.1 Å². The Hall–Kier alpha value is -3.41. The SMILES string of the molecule is CC/C=C\C/C=C\C/C=C\C/C=C\CCCCC(=O)OC(COC(=O)CCCCCCC/C=C\CCCCCCCC)COC(=O)CCCCCCCCC/C=C\C/C=C\CCCCCC. The van der Waals surface area contributed by atoms with Gasteiger partial charge in [-0.2, -0.15) is 0 Å². The van der Waals surface area contributed by atoms with Crippen LogP contribution in [0.3, 0.4) is 0 Å². The van der Waals surface area contributed by atoms with Gasteiger partial charge in [-0.05, 0) is 116 Å². The molecule has 1 atom stereocenters. The standard InChI is InChI=1S/C60H102O6/c1-4-7-10-13-16-19-22-25-28-29-30-33-35-38-41-44-47-50-53-59(62)65-56-57(66-60(63)54-51-48-45-42-39-36-32-27-24-21-18-15-12-9-6-3)55-64-58(61)52-49-46-43-40-37-34-31-26-23-20-17-14-11-8-5-2/h9,12,18-19,21-22,26-29,31-32,39,42,57H,4-8,10-11,13-17,20,23-25,30,33-38,40-41,43-56H2,1-3H3/b12-9-,21-18-,22-19-,29-28-,31-26-,32-27-,42-39-. The molecule has 0 aliphatic rings. The van der Waals surface area contributed by atoms with E-state index in [1.807, 2.05) is 0 Å². The second kappa shape index (κ2) is 54.2. The molecule has 0 aromatic carbocycles. The van der Waals surface area contributed by atoms with Gasteiger partial charge in [-0.15, -0.1) is 0 Å². The van der Waals surface area contributed by atoms with Crippen LogP contribution in [0, 0.1) is 0 Å². The van der Waals surface area contributed by atoms with Crippen LogP contribution in [0.4, 0.5) is 0 Å². The highest BCUT2D eigenvalue weighted by atomic mass is 16.6. The van der Waals surface area contributed by atoms with E-state index >= 15 is 0 Å². The zero-order valence-electron chi connectivity index (χ0n) is 43.2. The summed E-state index contributed by atoms with van der Waals surface area (Å²) in [5.41, 5.74) is 0. The third-order valence-corrected chi connectivity index (χ3v) is 11.6. The van der Waals surface area contributed by atoms with Gasteiger partial charge in [0.25, 0.3) is 0 Å². The van der Waals surface area contributed by atoms with E-state index in [1.54, 1.807) is 0 Å². The first-order valence-corrected chi connectivity index (χ1v) is 27.6. The highest BCUT2D eigenvalue weighted by Crippen LogP contribution is 2.14. The molecule has 0 N–H and O–H groups in total. The van der Waals surface area contributed by atoms with Crippen molar-refractivity contribution in [1.29, 1.82) is 0 Å². The third kappa shape index (κ3) is 51.6. The minimum absolute atomic E-state index is 0.100. The maximum absolute atomic E-state index is 12.8. The number of hydrogen-bond acceptors (Lipinski definition) is 6. The zero-order valence-corrected chi connectivity index (χ0v) is 43.2. The lowest BCUT2D eigenvalue weighted by atomic mass is 10.1. The molecule has 378 valence electrons. The van der Waals surface area contributed by atoms with Gasteiger partial charge in [0.05, 0.1) is 0 Å². The normalized spacial score (nSPS) is 12.7. The largest absolute Gasteiger partial charge is 0.462 e. The van der Waals surface area contributed by atoms with Crippen LogP contribution in [0.5, 0.6) is 0 Å². The predicted molar refractivity (Wildman–Crippen MR) is 284 cm³/mol. The Kier molecular flexibility index (Phi) is 51.4. The topological polar surface area (TPSA) is 78.9 Å². The van der Waals surface area contributed by atoms with Crippen LogP contribution < -0.4 is 0 Å². The van der Waals surface area contributed by atoms with Crippen LogP contribution in [0.2, 0.25) is 0 Å². The summed E-state index contributed by atoms with van der Waals surface area (Å²) in [6, 6.07) is 0. The first kappa shape index (κ1) is 62.6. The van der Waals surface area contributed by atoms with E-state index in [0.717, 1.165) is 96.3 Å². The van der Waals surface area contributed by atoms with Crippen molar-refractivity contribution in [2.24, 2.45) is 0 Å². The Balaban J connectivity index is 4.46. The Morgan fingerprint density at radius 2 is 0.591 bits per heavy atom.